The van der Waals surface area contributed by atoms with E-state index in [1.807, 2.05) is 0 Å². The minimum Gasteiger partial charge on any atom is -0.377 e. The van der Waals surface area contributed by atoms with Gasteiger partial charge in [0.15, 0.2) is 5.17 Å². The number of urea groups is 1. The van der Waals surface area contributed by atoms with E-state index in [1.165, 1.54) is 0 Å². The number of nitrogens with zero attached hydrogens (tertiary/aromatic N) is 2. The first kappa shape index (κ1) is 10.6. The number of hydrazone groups is 1. The van der Waals surface area contributed by atoms with Gasteiger partial charge in [0.25, 0.3) is 0 Å². The number of hydrogen-bond donors (Lipinski definition) is 3. The van der Waals surface area contributed by atoms with Crippen LogP contribution >= 0.6 is 11.8 Å². The maximum atomic E-state index is 11.4. The molecule has 0 aromatic heterocycles. The summed E-state index contributed by atoms with van der Waals surface area (Å²) < 4.78 is 0. The number of hydrogen-bond acceptors (Lipinski definition) is 5. The smallest absolute Gasteiger partial charge is 0.324 e. The monoisotopic (exact) mass is 217 g/mol. The summed E-state index contributed by atoms with van der Waals surface area (Å²) in [6, 6.07) is -0.362. The Kier molecular flexibility index (Phi) is 3.57. The maximum absolute atomic E-state index is 11.4. The summed E-state index contributed by atoms with van der Waals surface area (Å²) in [6.45, 7) is 0.896. The Bertz CT molecular complexity index is 279. The molecule has 3 amide bonds. The second-order valence-corrected chi connectivity index (χ2v) is 3.53. The van der Waals surface area contributed by atoms with Crippen molar-refractivity contribution in [3.63, 3.8) is 0 Å². The molecular formula is C6H11N5O2S. The Morgan fingerprint density at radius 3 is 2.93 bits per heavy atom. The minimum atomic E-state index is -0.362. The van der Waals surface area contributed by atoms with Crippen molar-refractivity contribution in [2.75, 3.05) is 18.8 Å². The molecule has 1 saturated heterocycles. The first-order chi connectivity index (χ1) is 6.65. The van der Waals surface area contributed by atoms with E-state index < -0.39 is 0 Å². The minimum absolute atomic E-state index is 0.0694. The Morgan fingerprint density at radius 1 is 1.71 bits per heavy atom. The number of nitrogens with one attached hydrogen (secondary N) is 1. The van der Waals surface area contributed by atoms with Crippen molar-refractivity contribution in [1.29, 1.82) is 0 Å². The summed E-state index contributed by atoms with van der Waals surface area (Å²) in [5.74, 6) is 4.65. The van der Waals surface area contributed by atoms with Gasteiger partial charge in [-0.25, -0.2) is 4.79 Å². The molecule has 1 aliphatic rings. The van der Waals surface area contributed by atoms with Gasteiger partial charge in [0.05, 0.1) is 5.75 Å². The van der Waals surface area contributed by atoms with Crippen molar-refractivity contribution in [1.82, 2.24) is 10.2 Å². The summed E-state index contributed by atoms with van der Waals surface area (Å²) in [6.07, 6.45) is 0. The van der Waals surface area contributed by atoms with E-state index in [4.69, 9.17) is 11.6 Å². The second kappa shape index (κ2) is 4.70. The number of rotatable bonds is 2. The molecule has 14 heavy (non-hydrogen) atoms. The van der Waals surface area contributed by atoms with Crippen LogP contribution in [0.2, 0.25) is 0 Å². The summed E-state index contributed by atoms with van der Waals surface area (Å²) >= 11 is 1.00. The topological polar surface area (TPSA) is 114 Å². The van der Waals surface area contributed by atoms with E-state index in [9.17, 15) is 9.59 Å². The molecule has 0 unspecified atom stereocenters. The predicted molar refractivity (Wildman–Crippen MR) is 53.4 cm³/mol. The van der Waals surface area contributed by atoms with Gasteiger partial charge >= 0.3 is 6.03 Å². The maximum Gasteiger partial charge on any atom is 0.324 e. The molecule has 0 bridgehead atoms. The largest absolute Gasteiger partial charge is 0.377 e. The molecule has 1 aliphatic heterocycles. The molecule has 0 aromatic carbocycles. The van der Waals surface area contributed by atoms with Gasteiger partial charge in [-0.15, -0.1) is 0 Å². The highest BCUT2D eigenvalue weighted by Gasteiger charge is 2.25. The molecule has 1 fully saturated rings. The third-order valence-electron chi connectivity index (χ3n) is 1.63. The van der Waals surface area contributed by atoms with Crippen molar-refractivity contribution >= 4 is 28.9 Å². The van der Waals surface area contributed by atoms with Crippen molar-refractivity contribution in [3.8, 4) is 0 Å². The van der Waals surface area contributed by atoms with Gasteiger partial charge in [-0.2, -0.15) is 5.10 Å². The normalized spacial score (nSPS) is 17.0. The molecule has 8 heteroatoms. The Morgan fingerprint density at radius 2 is 2.43 bits per heavy atom. The molecule has 1 rings (SSSR count). The number of carbonyl (C=O) groups is 2. The summed E-state index contributed by atoms with van der Waals surface area (Å²) in [5.41, 5.74) is 5.27. The van der Waals surface area contributed by atoms with E-state index in [0.717, 1.165) is 16.7 Å². The van der Waals surface area contributed by atoms with Gasteiger partial charge in [-0.1, -0.05) is 11.8 Å². The number of imide groups is 1. The number of nitrogens with two attached hydrogens (primary N) is 2. The van der Waals surface area contributed by atoms with Gasteiger partial charge in [0, 0.05) is 13.1 Å². The zero-order valence-corrected chi connectivity index (χ0v) is 8.21. The average molecular weight is 217 g/mol. The second-order valence-electron chi connectivity index (χ2n) is 2.53. The zero-order valence-electron chi connectivity index (χ0n) is 7.40. The van der Waals surface area contributed by atoms with E-state index in [1.54, 1.807) is 0 Å². The van der Waals surface area contributed by atoms with E-state index in [-0.39, 0.29) is 22.9 Å². The van der Waals surface area contributed by atoms with Gasteiger partial charge in [0.2, 0.25) is 5.91 Å². The van der Waals surface area contributed by atoms with Crippen LogP contribution < -0.4 is 16.9 Å². The molecule has 0 aliphatic carbocycles. The van der Waals surface area contributed by atoms with Crippen molar-refractivity contribution < 1.29 is 9.59 Å². The van der Waals surface area contributed by atoms with E-state index >= 15 is 0 Å². The molecule has 0 spiro atoms. The fourth-order valence-corrected chi connectivity index (χ4v) is 1.46. The van der Waals surface area contributed by atoms with Crippen LogP contribution in [0.4, 0.5) is 4.79 Å². The highest BCUT2D eigenvalue weighted by atomic mass is 32.2. The summed E-state index contributed by atoms with van der Waals surface area (Å²) in [7, 11) is 0. The van der Waals surface area contributed by atoms with Crippen LogP contribution in [0.5, 0.6) is 0 Å². The lowest BCUT2D eigenvalue weighted by molar-refractivity contribution is -0.124. The lowest BCUT2D eigenvalue weighted by Gasteiger charge is -2.10. The van der Waals surface area contributed by atoms with Crippen molar-refractivity contribution in [2.24, 2.45) is 16.7 Å². The highest BCUT2D eigenvalue weighted by molar-refractivity contribution is 8.14. The molecule has 0 saturated carbocycles. The van der Waals surface area contributed by atoms with Crippen LogP contribution in [-0.2, 0) is 4.79 Å². The third-order valence-corrected chi connectivity index (χ3v) is 2.42. The fourth-order valence-electron chi connectivity index (χ4n) is 0.960. The van der Waals surface area contributed by atoms with Gasteiger partial charge in [-0.05, 0) is 0 Å². The lowest BCUT2D eigenvalue weighted by atomic mass is 10.5. The first-order valence-electron chi connectivity index (χ1n) is 3.89. The van der Waals surface area contributed by atoms with Crippen LogP contribution in [-0.4, -0.2) is 40.8 Å². The molecular weight excluding hydrogens is 206 g/mol. The molecule has 0 aromatic rings. The van der Waals surface area contributed by atoms with E-state index in [0.29, 0.717) is 13.1 Å². The molecule has 0 atom stereocenters. The SMILES string of the molecule is NN=C(N)SCC(=O)N1CCNC1=O. The fraction of sp³-hybridized carbons (Fsp3) is 0.500. The molecule has 78 valence electrons. The van der Waals surface area contributed by atoms with Crippen LogP contribution in [0.15, 0.2) is 5.10 Å². The number of amides is 3. The highest BCUT2D eigenvalue weighted by Crippen LogP contribution is 2.04. The Balaban J connectivity index is 2.38. The van der Waals surface area contributed by atoms with E-state index in [2.05, 4.69) is 10.4 Å². The summed E-state index contributed by atoms with van der Waals surface area (Å²) in [5, 5.41) is 5.84. The van der Waals surface area contributed by atoms with Crippen molar-refractivity contribution in [3.05, 3.63) is 0 Å². The van der Waals surface area contributed by atoms with Crippen LogP contribution in [0.3, 0.4) is 0 Å². The predicted octanol–water partition coefficient (Wildman–Crippen LogP) is -1.54. The quantitative estimate of drug-likeness (QED) is 0.224. The molecule has 5 N–H and O–H groups in total. The number of amidine groups is 1. The number of thioether (sulfide) groups is 1. The van der Waals surface area contributed by atoms with Gasteiger partial charge in [-0.3, -0.25) is 9.69 Å². The summed E-state index contributed by atoms with van der Waals surface area (Å²) in [4.78, 5) is 23.5. The molecule has 7 nitrogen and oxygen atoms in total. The third kappa shape index (κ3) is 2.52. The van der Waals surface area contributed by atoms with Crippen molar-refractivity contribution in [2.45, 2.75) is 0 Å². The standard InChI is InChI=1S/C6H11N5O2S/c7-5(10-8)14-3-4(12)11-2-1-9-6(11)13/h1-3,8H2,(H2,7,10)(H,9,13). The average Bonchev–Trinajstić information content (AvgIpc) is 2.60. The molecule has 0 radical (unpaired) electrons. The molecule has 1 heterocycles. The zero-order chi connectivity index (χ0) is 10.6. The Labute approximate surface area is 84.9 Å². The first-order valence-corrected chi connectivity index (χ1v) is 4.88. The lowest BCUT2D eigenvalue weighted by Crippen LogP contribution is -2.35. The Hall–Kier alpha value is -1.44. The number of carbonyl (C=O) groups excluding carboxylic acids is 2. The van der Waals surface area contributed by atoms with Crippen LogP contribution in [0.1, 0.15) is 0 Å². The van der Waals surface area contributed by atoms with Crippen LogP contribution in [0, 0.1) is 0 Å². The van der Waals surface area contributed by atoms with Gasteiger partial charge < -0.3 is 16.9 Å². The van der Waals surface area contributed by atoms with Gasteiger partial charge in [0.1, 0.15) is 0 Å². The van der Waals surface area contributed by atoms with Crippen LogP contribution in [0.25, 0.3) is 0 Å².